The second-order valence-electron chi connectivity index (χ2n) is 7.90. The molecule has 2 aromatic carbocycles. The third-order valence-corrected chi connectivity index (χ3v) is 7.32. The third-order valence-electron chi connectivity index (χ3n) is 5.41. The molecule has 174 valence electrons. The smallest absolute Gasteiger partial charge is 0.261 e. The molecule has 0 spiro atoms. The van der Waals surface area contributed by atoms with E-state index in [1.54, 1.807) is 28.6 Å². The summed E-state index contributed by atoms with van der Waals surface area (Å²) in [5.41, 5.74) is 1.13. The Labute approximate surface area is 190 Å². The Morgan fingerprint density at radius 2 is 1.62 bits per heavy atom. The van der Waals surface area contributed by atoms with Gasteiger partial charge in [0.05, 0.1) is 11.4 Å². The van der Waals surface area contributed by atoms with E-state index in [1.807, 2.05) is 38.1 Å². The zero-order valence-corrected chi connectivity index (χ0v) is 19.6. The van der Waals surface area contributed by atoms with Gasteiger partial charge in [0.1, 0.15) is 18.1 Å². The van der Waals surface area contributed by atoms with Crippen LogP contribution >= 0.6 is 0 Å². The van der Waals surface area contributed by atoms with E-state index in [0.717, 1.165) is 24.8 Å². The van der Waals surface area contributed by atoms with Crippen molar-refractivity contribution < 1.29 is 22.7 Å². The molecule has 1 amide bonds. The predicted molar refractivity (Wildman–Crippen MR) is 123 cm³/mol. The quantitative estimate of drug-likeness (QED) is 0.549. The number of ether oxygens (including phenoxy) is 2. The molecule has 1 N–H and O–H groups in total. The number of aryl methyl sites for hydroxylation is 1. The maximum absolute atomic E-state index is 12.7. The molecule has 0 bridgehead atoms. The summed E-state index contributed by atoms with van der Waals surface area (Å²) in [4.78, 5) is 12.7. The topological polar surface area (TPSA) is 84.9 Å². The van der Waals surface area contributed by atoms with Gasteiger partial charge in [0.15, 0.2) is 6.10 Å². The number of sulfonamides is 1. The molecule has 0 radical (unpaired) electrons. The Balaban J connectivity index is 1.44. The van der Waals surface area contributed by atoms with Gasteiger partial charge in [-0.1, -0.05) is 31.0 Å². The van der Waals surface area contributed by atoms with E-state index in [-0.39, 0.29) is 17.4 Å². The standard InChI is InChI=1S/C24H32N2O5S/c1-3-23(31-21-9-7-19(2)8-10-21)24(27)25-15-18-30-20-11-13-22(14-12-20)32(28,29)26-16-5-4-6-17-26/h7-14,23H,3-6,15-18H2,1-2H3,(H,25,27)/t23-/m0/s1. The maximum Gasteiger partial charge on any atom is 0.261 e. The van der Waals surface area contributed by atoms with Gasteiger partial charge >= 0.3 is 0 Å². The van der Waals surface area contributed by atoms with Crippen LogP contribution in [0.15, 0.2) is 53.4 Å². The lowest BCUT2D eigenvalue weighted by Crippen LogP contribution is -2.39. The first kappa shape index (κ1) is 24.1. The molecule has 1 atom stereocenters. The van der Waals surface area contributed by atoms with Gasteiger partial charge in [-0.3, -0.25) is 4.79 Å². The molecular weight excluding hydrogens is 428 g/mol. The summed E-state index contributed by atoms with van der Waals surface area (Å²) in [7, 11) is -3.45. The Hall–Kier alpha value is -2.58. The van der Waals surface area contributed by atoms with Crippen LogP contribution in [0, 0.1) is 6.92 Å². The molecule has 0 saturated carbocycles. The summed E-state index contributed by atoms with van der Waals surface area (Å²) >= 11 is 0. The summed E-state index contributed by atoms with van der Waals surface area (Å²) in [6, 6.07) is 14.0. The number of piperidine rings is 1. The van der Waals surface area contributed by atoms with Gasteiger partial charge in [0, 0.05) is 13.1 Å². The van der Waals surface area contributed by atoms with Crippen LogP contribution in [-0.4, -0.2) is 51.0 Å². The largest absolute Gasteiger partial charge is 0.492 e. The second kappa shape index (κ2) is 11.3. The summed E-state index contributed by atoms with van der Waals surface area (Å²) in [5.74, 6) is 1.02. The van der Waals surface area contributed by atoms with Crippen LogP contribution in [0.1, 0.15) is 38.2 Å². The lowest BCUT2D eigenvalue weighted by atomic mass is 10.2. The van der Waals surface area contributed by atoms with E-state index >= 15 is 0 Å². The molecular formula is C24H32N2O5S. The van der Waals surface area contributed by atoms with Crippen LogP contribution in [0.3, 0.4) is 0 Å². The van der Waals surface area contributed by atoms with Gasteiger partial charge in [-0.05, 0) is 62.6 Å². The summed E-state index contributed by atoms with van der Waals surface area (Å²) in [6.07, 6.45) is 2.86. The van der Waals surface area contributed by atoms with Crippen molar-refractivity contribution in [1.29, 1.82) is 0 Å². The van der Waals surface area contributed by atoms with Crippen molar-refractivity contribution in [2.75, 3.05) is 26.2 Å². The second-order valence-corrected chi connectivity index (χ2v) is 9.84. The molecule has 7 nitrogen and oxygen atoms in total. The maximum atomic E-state index is 12.7. The average Bonchev–Trinajstić information content (AvgIpc) is 2.82. The molecule has 0 unspecified atom stereocenters. The lowest BCUT2D eigenvalue weighted by molar-refractivity contribution is -0.128. The number of nitrogens with one attached hydrogen (secondary N) is 1. The first-order chi connectivity index (χ1) is 15.4. The van der Waals surface area contributed by atoms with E-state index < -0.39 is 16.1 Å². The van der Waals surface area contributed by atoms with Crippen LogP contribution in [0.5, 0.6) is 11.5 Å². The summed E-state index contributed by atoms with van der Waals surface area (Å²) in [6.45, 7) is 5.63. The normalized spacial score (nSPS) is 15.7. The van der Waals surface area contributed by atoms with Crippen LogP contribution in [0.2, 0.25) is 0 Å². The minimum atomic E-state index is -3.45. The number of nitrogens with zero attached hydrogens (tertiary/aromatic N) is 1. The summed E-state index contributed by atoms with van der Waals surface area (Å²) in [5, 5.41) is 2.82. The van der Waals surface area contributed by atoms with Crippen molar-refractivity contribution >= 4 is 15.9 Å². The number of carbonyl (C=O) groups is 1. The fourth-order valence-electron chi connectivity index (χ4n) is 3.52. The molecule has 1 aliphatic heterocycles. The van der Waals surface area contributed by atoms with Crippen LogP contribution in [0.4, 0.5) is 0 Å². The van der Waals surface area contributed by atoms with Crippen molar-refractivity contribution in [3.8, 4) is 11.5 Å². The van der Waals surface area contributed by atoms with Gasteiger partial charge in [0.2, 0.25) is 10.0 Å². The van der Waals surface area contributed by atoms with E-state index in [9.17, 15) is 13.2 Å². The fourth-order valence-corrected chi connectivity index (χ4v) is 5.04. The van der Waals surface area contributed by atoms with Gasteiger partial charge in [-0.15, -0.1) is 0 Å². The highest BCUT2D eigenvalue weighted by Crippen LogP contribution is 2.22. The minimum absolute atomic E-state index is 0.195. The zero-order chi connectivity index (χ0) is 23.0. The van der Waals surface area contributed by atoms with E-state index in [2.05, 4.69) is 5.32 Å². The van der Waals surface area contributed by atoms with Gasteiger partial charge in [-0.2, -0.15) is 4.31 Å². The molecule has 1 heterocycles. The lowest BCUT2D eigenvalue weighted by Gasteiger charge is -2.25. The fraction of sp³-hybridized carbons (Fsp3) is 0.458. The van der Waals surface area contributed by atoms with Crippen molar-refractivity contribution in [3.05, 3.63) is 54.1 Å². The Bertz CT molecular complexity index is 968. The molecule has 2 aromatic rings. The predicted octanol–water partition coefficient (Wildman–Crippen LogP) is 3.52. The Morgan fingerprint density at radius 3 is 2.25 bits per heavy atom. The highest BCUT2D eigenvalue weighted by molar-refractivity contribution is 7.89. The Kier molecular flexibility index (Phi) is 8.53. The van der Waals surface area contributed by atoms with Crippen LogP contribution in [0.25, 0.3) is 0 Å². The third kappa shape index (κ3) is 6.46. The van der Waals surface area contributed by atoms with Crippen molar-refractivity contribution in [2.24, 2.45) is 0 Å². The molecule has 8 heteroatoms. The number of benzene rings is 2. The van der Waals surface area contributed by atoms with Crippen molar-refractivity contribution in [2.45, 2.75) is 50.5 Å². The van der Waals surface area contributed by atoms with Gasteiger partial charge in [0.25, 0.3) is 5.91 Å². The molecule has 32 heavy (non-hydrogen) atoms. The number of carbonyl (C=O) groups excluding carboxylic acids is 1. The van der Waals surface area contributed by atoms with Crippen molar-refractivity contribution in [3.63, 3.8) is 0 Å². The molecule has 0 aromatic heterocycles. The molecule has 1 aliphatic rings. The first-order valence-electron chi connectivity index (χ1n) is 11.1. The SMILES string of the molecule is CC[C@H](Oc1ccc(C)cc1)C(=O)NCCOc1ccc(S(=O)(=O)N2CCCCC2)cc1. The average molecular weight is 461 g/mol. The highest BCUT2D eigenvalue weighted by atomic mass is 32.2. The molecule has 3 rings (SSSR count). The zero-order valence-electron chi connectivity index (χ0n) is 18.7. The van der Waals surface area contributed by atoms with E-state index in [1.165, 1.54) is 0 Å². The molecule has 0 aliphatic carbocycles. The number of amides is 1. The highest BCUT2D eigenvalue weighted by Gasteiger charge is 2.25. The van der Waals surface area contributed by atoms with Crippen molar-refractivity contribution in [1.82, 2.24) is 9.62 Å². The van der Waals surface area contributed by atoms with E-state index in [0.29, 0.717) is 37.6 Å². The monoisotopic (exact) mass is 460 g/mol. The number of hydrogen-bond acceptors (Lipinski definition) is 5. The molecule has 1 saturated heterocycles. The van der Waals surface area contributed by atoms with E-state index in [4.69, 9.17) is 9.47 Å². The first-order valence-corrected chi connectivity index (χ1v) is 12.6. The number of rotatable bonds is 10. The number of hydrogen-bond donors (Lipinski definition) is 1. The van der Waals surface area contributed by atoms with Gasteiger partial charge in [-0.25, -0.2) is 8.42 Å². The van der Waals surface area contributed by atoms with Crippen LogP contribution < -0.4 is 14.8 Å². The Morgan fingerprint density at radius 1 is 1.00 bits per heavy atom. The molecule has 1 fully saturated rings. The van der Waals surface area contributed by atoms with Crippen LogP contribution in [-0.2, 0) is 14.8 Å². The summed E-state index contributed by atoms with van der Waals surface area (Å²) < 4.78 is 38.4. The minimum Gasteiger partial charge on any atom is -0.492 e. The van der Waals surface area contributed by atoms with Gasteiger partial charge < -0.3 is 14.8 Å².